The number of carboxylic acid groups (broad SMARTS) is 1. The van der Waals surface area contributed by atoms with E-state index < -0.39 is 5.97 Å². The van der Waals surface area contributed by atoms with Gasteiger partial charge < -0.3 is 19.3 Å². The Bertz CT molecular complexity index is 410. The Labute approximate surface area is 99.8 Å². The van der Waals surface area contributed by atoms with Gasteiger partial charge >= 0.3 is 5.97 Å². The first-order valence-corrected chi connectivity index (χ1v) is 5.66. The van der Waals surface area contributed by atoms with Crippen molar-refractivity contribution in [1.82, 2.24) is 9.55 Å². The van der Waals surface area contributed by atoms with Crippen LogP contribution in [-0.2, 0) is 16.1 Å². The predicted molar refractivity (Wildman–Crippen MR) is 62.1 cm³/mol. The molecule has 0 bridgehead atoms. The van der Waals surface area contributed by atoms with Crippen LogP contribution in [0.2, 0.25) is 0 Å². The Morgan fingerprint density at radius 1 is 1.65 bits per heavy atom. The summed E-state index contributed by atoms with van der Waals surface area (Å²) < 4.78 is 7.40. The molecule has 2 heterocycles. The van der Waals surface area contributed by atoms with E-state index in [4.69, 9.17) is 9.84 Å². The second-order valence-corrected chi connectivity index (χ2v) is 4.50. The van der Waals surface area contributed by atoms with E-state index in [1.165, 1.54) is 0 Å². The van der Waals surface area contributed by atoms with Crippen LogP contribution in [0.4, 0.5) is 5.95 Å². The van der Waals surface area contributed by atoms with Gasteiger partial charge in [-0.05, 0) is 13.8 Å². The third-order valence-corrected chi connectivity index (χ3v) is 2.91. The van der Waals surface area contributed by atoms with Gasteiger partial charge in [0.2, 0.25) is 5.95 Å². The number of aromatic nitrogens is 2. The van der Waals surface area contributed by atoms with Crippen molar-refractivity contribution in [3.63, 3.8) is 0 Å². The fourth-order valence-electron chi connectivity index (χ4n) is 2.06. The number of carboxylic acids is 1. The van der Waals surface area contributed by atoms with Gasteiger partial charge in [-0.1, -0.05) is 0 Å². The largest absolute Gasteiger partial charge is 0.480 e. The van der Waals surface area contributed by atoms with Crippen molar-refractivity contribution in [2.24, 2.45) is 0 Å². The zero-order valence-electron chi connectivity index (χ0n) is 10.1. The van der Waals surface area contributed by atoms with Gasteiger partial charge in [0.1, 0.15) is 12.2 Å². The molecule has 0 unspecified atom stereocenters. The summed E-state index contributed by atoms with van der Waals surface area (Å²) in [5, 5.41) is 8.57. The Morgan fingerprint density at radius 2 is 2.35 bits per heavy atom. The maximum absolute atomic E-state index is 10.4. The van der Waals surface area contributed by atoms with Crippen LogP contribution in [0.5, 0.6) is 0 Å². The van der Waals surface area contributed by atoms with Crippen LogP contribution < -0.4 is 4.90 Å². The maximum atomic E-state index is 10.4. The average molecular weight is 239 g/mol. The molecule has 0 saturated carbocycles. The molecule has 1 aromatic rings. The van der Waals surface area contributed by atoms with Crippen molar-refractivity contribution in [2.45, 2.75) is 26.0 Å². The zero-order chi connectivity index (χ0) is 12.5. The van der Waals surface area contributed by atoms with E-state index in [-0.39, 0.29) is 12.2 Å². The van der Waals surface area contributed by atoms with Crippen LogP contribution >= 0.6 is 0 Å². The number of aliphatic carboxylic acids is 1. The molecule has 0 spiro atoms. The number of imidazole rings is 1. The van der Waals surface area contributed by atoms with Gasteiger partial charge in [0.05, 0.1) is 13.1 Å². The molecule has 1 aliphatic rings. The second kappa shape index (κ2) is 4.37. The third-order valence-electron chi connectivity index (χ3n) is 2.91. The third kappa shape index (κ3) is 2.41. The highest BCUT2D eigenvalue weighted by Gasteiger charge is 2.41. The molecule has 1 N–H and O–H groups in total. The van der Waals surface area contributed by atoms with Crippen molar-refractivity contribution in [1.29, 1.82) is 0 Å². The van der Waals surface area contributed by atoms with E-state index >= 15 is 0 Å². The Morgan fingerprint density at radius 3 is 2.94 bits per heavy atom. The summed E-state index contributed by atoms with van der Waals surface area (Å²) in [5.41, 5.74) is -0.372. The van der Waals surface area contributed by atoms with E-state index in [2.05, 4.69) is 21.4 Å². The van der Waals surface area contributed by atoms with E-state index in [1.54, 1.807) is 6.20 Å². The summed E-state index contributed by atoms with van der Waals surface area (Å²) in [6.45, 7) is 5.97. The topological polar surface area (TPSA) is 67.6 Å². The summed E-state index contributed by atoms with van der Waals surface area (Å²) in [4.78, 5) is 16.8. The molecule has 0 aromatic carbocycles. The van der Waals surface area contributed by atoms with Crippen LogP contribution in [0.1, 0.15) is 13.8 Å². The first kappa shape index (κ1) is 11.9. The highest BCUT2D eigenvalue weighted by atomic mass is 16.5. The SMILES string of the molecule is CCn1ccnc1N1CC(C)(OCC(=O)O)C1. The van der Waals surface area contributed by atoms with Crippen LogP contribution in [0.25, 0.3) is 0 Å². The van der Waals surface area contributed by atoms with E-state index in [9.17, 15) is 4.79 Å². The summed E-state index contributed by atoms with van der Waals surface area (Å²) in [6.07, 6.45) is 3.70. The fraction of sp³-hybridized carbons (Fsp3) is 0.636. The quantitative estimate of drug-likeness (QED) is 0.814. The number of carbonyl (C=O) groups is 1. The minimum Gasteiger partial charge on any atom is -0.480 e. The lowest BCUT2D eigenvalue weighted by atomic mass is 9.97. The molecule has 0 aliphatic carbocycles. The molecule has 6 nitrogen and oxygen atoms in total. The molecule has 1 fully saturated rings. The molecule has 17 heavy (non-hydrogen) atoms. The fourth-order valence-corrected chi connectivity index (χ4v) is 2.06. The van der Waals surface area contributed by atoms with E-state index in [0.29, 0.717) is 13.1 Å². The summed E-state index contributed by atoms with van der Waals surface area (Å²) in [7, 11) is 0. The summed E-state index contributed by atoms with van der Waals surface area (Å²) in [5.74, 6) is -0.0105. The molecule has 0 radical (unpaired) electrons. The molecule has 1 aromatic heterocycles. The van der Waals surface area contributed by atoms with Gasteiger partial charge in [-0.2, -0.15) is 0 Å². The van der Waals surface area contributed by atoms with Crippen LogP contribution in [0.15, 0.2) is 12.4 Å². The van der Waals surface area contributed by atoms with E-state index in [0.717, 1.165) is 12.5 Å². The van der Waals surface area contributed by atoms with Gasteiger partial charge in [-0.25, -0.2) is 9.78 Å². The molecule has 1 saturated heterocycles. The lowest BCUT2D eigenvalue weighted by molar-refractivity contribution is -0.150. The zero-order valence-corrected chi connectivity index (χ0v) is 10.1. The number of nitrogens with zero attached hydrogens (tertiary/aromatic N) is 3. The maximum Gasteiger partial charge on any atom is 0.329 e. The predicted octanol–water partition coefficient (Wildman–Crippen LogP) is 0.583. The van der Waals surface area contributed by atoms with Crippen LogP contribution in [-0.4, -0.2) is 45.9 Å². The average Bonchev–Trinajstić information content (AvgIpc) is 2.70. The number of aryl methyl sites for hydroxylation is 1. The van der Waals surface area contributed by atoms with Gasteiger partial charge in [0, 0.05) is 18.9 Å². The smallest absolute Gasteiger partial charge is 0.329 e. The number of hydrogen-bond acceptors (Lipinski definition) is 4. The summed E-state index contributed by atoms with van der Waals surface area (Å²) >= 11 is 0. The lowest BCUT2D eigenvalue weighted by Crippen LogP contribution is -2.62. The van der Waals surface area contributed by atoms with Crippen molar-refractivity contribution in [3.8, 4) is 0 Å². The Kier molecular flexibility index (Phi) is 3.06. The number of ether oxygens (including phenoxy) is 1. The molecule has 2 rings (SSSR count). The minimum absolute atomic E-state index is 0.243. The molecule has 1 aliphatic heterocycles. The molecular weight excluding hydrogens is 222 g/mol. The standard InChI is InChI=1S/C11H17N3O3/c1-3-13-5-4-12-10(13)14-7-11(2,8-14)17-6-9(15)16/h4-5H,3,6-8H2,1-2H3,(H,15,16). The monoisotopic (exact) mass is 239 g/mol. The highest BCUT2D eigenvalue weighted by molar-refractivity contribution is 5.68. The van der Waals surface area contributed by atoms with Gasteiger partial charge in [0.15, 0.2) is 0 Å². The number of anilines is 1. The molecule has 6 heteroatoms. The van der Waals surface area contributed by atoms with Crippen molar-refractivity contribution < 1.29 is 14.6 Å². The van der Waals surface area contributed by atoms with Crippen molar-refractivity contribution in [3.05, 3.63) is 12.4 Å². The normalized spacial score (nSPS) is 17.9. The number of rotatable bonds is 5. The van der Waals surface area contributed by atoms with Gasteiger partial charge in [-0.15, -0.1) is 0 Å². The summed E-state index contributed by atoms with van der Waals surface area (Å²) in [6, 6.07) is 0. The van der Waals surface area contributed by atoms with Gasteiger partial charge in [0.25, 0.3) is 0 Å². The molecule has 0 atom stereocenters. The first-order chi connectivity index (χ1) is 8.04. The Balaban J connectivity index is 1.91. The van der Waals surface area contributed by atoms with Crippen LogP contribution in [0.3, 0.4) is 0 Å². The Hall–Kier alpha value is -1.56. The van der Waals surface area contributed by atoms with Crippen molar-refractivity contribution >= 4 is 11.9 Å². The molecule has 94 valence electrons. The first-order valence-electron chi connectivity index (χ1n) is 5.66. The lowest BCUT2D eigenvalue weighted by Gasteiger charge is -2.47. The second-order valence-electron chi connectivity index (χ2n) is 4.50. The van der Waals surface area contributed by atoms with Gasteiger partial charge in [-0.3, -0.25) is 0 Å². The number of hydrogen-bond donors (Lipinski definition) is 1. The van der Waals surface area contributed by atoms with Crippen LogP contribution in [0, 0.1) is 0 Å². The molecular formula is C11H17N3O3. The minimum atomic E-state index is -0.931. The van der Waals surface area contributed by atoms with E-state index in [1.807, 2.05) is 13.1 Å². The van der Waals surface area contributed by atoms with Crippen molar-refractivity contribution in [2.75, 3.05) is 24.6 Å². The molecule has 0 amide bonds. The highest BCUT2D eigenvalue weighted by Crippen LogP contribution is 2.28.